The van der Waals surface area contributed by atoms with E-state index in [0.29, 0.717) is 12.1 Å². The number of nitrogens with one attached hydrogen (secondary N) is 1. The fraction of sp³-hybridized carbons (Fsp3) is 0.286. The number of hydrogen-bond acceptors (Lipinski definition) is 4. The van der Waals surface area contributed by atoms with Gasteiger partial charge in [0.25, 0.3) is 5.91 Å². The Morgan fingerprint density at radius 1 is 1.60 bits per heavy atom. The van der Waals surface area contributed by atoms with Gasteiger partial charge in [-0.15, -0.1) is 11.3 Å². The molecule has 2 aromatic rings. The first-order chi connectivity index (χ1) is 9.63. The van der Waals surface area contributed by atoms with Crippen LogP contribution in [0.25, 0.3) is 0 Å². The van der Waals surface area contributed by atoms with Crippen molar-refractivity contribution in [2.24, 2.45) is 12.8 Å². The van der Waals surface area contributed by atoms with Crippen molar-refractivity contribution in [2.45, 2.75) is 13.3 Å². The van der Waals surface area contributed by atoms with E-state index in [0.717, 1.165) is 22.7 Å². The van der Waals surface area contributed by atoms with E-state index in [1.165, 1.54) is 11.3 Å². The number of anilines is 1. The Morgan fingerprint density at radius 2 is 2.40 bits per heavy atom. The quantitative estimate of drug-likeness (QED) is 0.843. The molecule has 20 heavy (non-hydrogen) atoms. The smallest absolute Gasteiger partial charge is 0.256 e. The van der Waals surface area contributed by atoms with Crippen molar-refractivity contribution in [1.29, 1.82) is 0 Å². The molecule has 104 valence electrons. The minimum atomic E-state index is -0.148. The van der Waals surface area contributed by atoms with E-state index in [1.807, 2.05) is 14.0 Å². The molecule has 0 aliphatic heterocycles. The molecule has 0 unspecified atom stereocenters. The summed E-state index contributed by atoms with van der Waals surface area (Å²) in [4.78, 5) is 13.0. The first-order valence-electron chi connectivity index (χ1n) is 6.25. The predicted octanol–water partition coefficient (Wildman–Crippen LogP) is 1.61. The number of carbonyl (C=O) groups excluding carboxylic acids is 1. The lowest BCUT2D eigenvalue weighted by Gasteiger charge is -2.01. The average Bonchev–Trinajstić information content (AvgIpc) is 3.03. The first-order valence-corrected chi connectivity index (χ1v) is 7.13. The van der Waals surface area contributed by atoms with Crippen LogP contribution in [-0.2, 0) is 13.5 Å². The van der Waals surface area contributed by atoms with Gasteiger partial charge in [-0.3, -0.25) is 9.48 Å². The van der Waals surface area contributed by atoms with Gasteiger partial charge < -0.3 is 11.1 Å². The summed E-state index contributed by atoms with van der Waals surface area (Å²) in [6.45, 7) is 2.32. The second kappa shape index (κ2) is 6.37. The van der Waals surface area contributed by atoms with Crippen molar-refractivity contribution in [3.63, 3.8) is 0 Å². The molecule has 0 saturated carbocycles. The van der Waals surface area contributed by atoms with Crippen molar-refractivity contribution in [2.75, 3.05) is 11.9 Å². The molecule has 0 aliphatic rings. The number of hydrogen-bond donors (Lipinski definition) is 2. The lowest BCUT2D eigenvalue weighted by atomic mass is 10.2. The Balaban J connectivity index is 2.13. The Labute approximate surface area is 121 Å². The van der Waals surface area contributed by atoms with Crippen molar-refractivity contribution >= 4 is 22.9 Å². The molecule has 0 aliphatic carbocycles. The number of rotatable bonds is 3. The molecule has 1 amide bonds. The molecule has 0 atom stereocenters. The SMILES string of the molecule is CCc1nn(C)cc1NC(=O)c1csc(C#CCN)c1. The number of amides is 1. The van der Waals surface area contributed by atoms with Gasteiger partial charge in [-0.2, -0.15) is 5.10 Å². The normalized spacial score (nSPS) is 9.95. The zero-order valence-corrected chi connectivity index (χ0v) is 12.3. The van der Waals surface area contributed by atoms with E-state index in [-0.39, 0.29) is 5.91 Å². The molecular formula is C14H16N4OS. The summed E-state index contributed by atoms with van der Waals surface area (Å²) in [5.41, 5.74) is 7.55. The molecule has 2 heterocycles. The van der Waals surface area contributed by atoms with Crippen LogP contribution in [-0.4, -0.2) is 22.2 Å². The maximum absolute atomic E-state index is 12.2. The van der Waals surface area contributed by atoms with Crippen LogP contribution in [0.4, 0.5) is 5.69 Å². The molecule has 0 fully saturated rings. The summed E-state index contributed by atoms with van der Waals surface area (Å²) in [5, 5.41) is 8.96. The highest BCUT2D eigenvalue weighted by molar-refractivity contribution is 7.10. The van der Waals surface area contributed by atoms with Crippen LogP contribution in [0.3, 0.4) is 0 Å². The van der Waals surface area contributed by atoms with E-state index in [9.17, 15) is 4.79 Å². The molecule has 5 nitrogen and oxygen atoms in total. The minimum absolute atomic E-state index is 0.148. The number of nitrogens with zero attached hydrogens (tertiary/aromatic N) is 2. The lowest BCUT2D eigenvalue weighted by molar-refractivity contribution is 0.102. The van der Waals surface area contributed by atoms with Crippen molar-refractivity contribution in [3.05, 3.63) is 33.8 Å². The van der Waals surface area contributed by atoms with Gasteiger partial charge in [0.1, 0.15) is 0 Å². The van der Waals surface area contributed by atoms with Gasteiger partial charge in [0.15, 0.2) is 0 Å². The van der Waals surface area contributed by atoms with Crippen LogP contribution in [0.15, 0.2) is 17.6 Å². The fourth-order valence-corrected chi connectivity index (χ4v) is 2.51. The second-order valence-electron chi connectivity index (χ2n) is 4.18. The summed E-state index contributed by atoms with van der Waals surface area (Å²) >= 11 is 1.43. The van der Waals surface area contributed by atoms with Gasteiger partial charge in [0.2, 0.25) is 0 Å². The van der Waals surface area contributed by atoms with Crippen LogP contribution < -0.4 is 11.1 Å². The topological polar surface area (TPSA) is 72.9 Å². The molecule has 2 rings (SSSR count). The van der Waals surface area contributed by atoms with E-state index in [1.54, 1.807) is 22.3 Å². The highest BCUT2D eigenvalue weighted by atomic mass is 32.1. The Hall–Kier alpha value is -2.10. The van der Waals surface area contributed by atoms with Crippen LogP contribution in [0.1, 0.15) is 27.9 Å². The molecule has 6 heteroatoms. The number of aryl methyl sites for hydroxylation is 2. The summed E-state index contributed by atoms with van der Waals surface area (Å²) in [6.07, 6.45) is 2.57. The third-order valence-electron chi connectivity index (χ3n) is 2.66. The summed E-state index contributed by atoms with van der Waals surface area (Å²) in [6, 6.07) is 1.77. The Morgan fingerprint density at radius 3 is 3.10 bits per heavy atom. The third kappa shape index (κ3) is 3.26. The number of nitrogens with two attached hydrogens (primary N) is 1. The van der Waals surface area contributed by atoms with E-state index in [2.05, 4.69) is 22.3 Å². The number of carbonyl (C=O) groups is 1. The largest absolute Gasteiger partial charge is 0.320 e. The van der Waals surface area contributed by atoms with Gasteiger partial charge >= 0.3 is 0 Å². The summed E-state index contributed by atoms with van der Waals surface area (Å²) in [5.74, 6) is 5.54. The third-order valence-corrected chi connectivity index (χ3v) is 3.51. The van der Waals surface area contributed by atoms with Gasteiger partial charge in [-0.05, 0) is 12.5 Å². The Bertz CT molecular complexity index is 675. The van der Waals surface area contributed by atoms with Gasteiger partial charge in [0, 0.05) is 18.6 Å². The van der Waals surface area contributed by atoms with Gasteiger partial charge in [-0.1, -0.05) is 18.8 Å². The molecule has 0 spiro atoms. The molecule has 3 N–H and O–H groups in total. The van der Waals surface area contributed by atoms with E-state index < -0.39 is 0 Å². The van der Waals surface area contributed by atoms with Crippen LogP contribution in [0.5, 0.6) is 0 Å². The first kappa shape index (κ1) is 14.3. The average molecular weight is 288 g/mol. The van der Waals surface area contributed by atoms with Crippen molar-refractivity contribution in [3.8, 4) is 11.8 Å². The van der Waals surface area contributed by atoms with Gasteiger partial charge in [0.05, 0.1) is 28.4 Å². The summed E-state index contributed by atoms with van der Waals surface area (Å²) < 4.78 is 1.69. The molecule has 0 aromatic carbocycles. The van der Waals surface area contributed by atoms with Crippen LogP contribution in [0, 0.1) is 11.8 Å². The lowest BCUT2D eigenvalue weighted by Crippen LogP contribution is -2.11. The van der Waals surface area contributed by atoms with E-state index >= 15 is 0 Å². The standard InChI is InChI=1S/C14H16N4OS/c1-3-12-13(8-18(2)17-12)16-14(19)10-7-11(20-9-10)5-4-6-15/h7-9H,3,6,15H2,1-2H3,(H,16,19). The van der Waals surface area contributed by atoms with Crippen LogP contribution >= 0.6 is 11.3 Å². The highest BCUT2D eigenvalue weighted by Crippen LogP contribution is 2.18. The number of thiophene rings is 1. The molecule has 0 saturated heterocycles. The Kier molecular flexibility index (Phi) is 4.56. The van der Waals surface area contributed by atoms with Crippen LogP contribution in [0.2, 0.25) is 0 Å². The monoisotopic (exact) mass is 288 g/mol. The highest BCUT2D eigenvalue weighted by Gasteiger charge is 2.12. The maximum Gasteiger partial charge on any atom is 0.256 e. The maximum atomic E-state index is 12.2. The second-order valence-corrected chi connectivity index (χ2v) is 5.09. The molecular weight excluding hydrogens is 272 g/mol. The fourth-order valence-electron chi connectivity index (χ4n) is 1.75. The summed E-state index contributed by atoms with van der Waals surface area (Å²) in [7, 11) is 1.83. The molecule has 0 radical (unpaired) electrons. The zero-order valence-electron chi connectivity index (χ0n) is 11.4. The van der Waals surface area contributed by atoms with Gasteiger partial charge in [-0.25, -0.2) is 0 Å². The minimum Gasteiger partial charge on any atom is -0.320 e. The van der Waals surface area contributed by atoms with E-state index in [4.69, 9.17) is 5.73 Å². The molecule has 0 bridgehead atoms. The van der Waals surface area contributed by atoms with Crippen molar-refractivity contribution in [1.82, 2.24) is 9.78 Å². The molecule has 2 aromatic heterocycles. The number of aromatic nitrogens is 2. The predicted molar refractivity (Wildman–Crippen MR) is 80.8 cm³/mol. The zero-order chi connectivity index (χ0) is 14.5. The van der Waals surface area contributed by atoms with Crippen molar-refractivity contribution < 1.29 is 4.79 Å².